The zero-order valence-corrected chi connectivity index (χ0v) is 12.2. The Morgan fingerprint density at radius 1 is 1.44 bits per heavy atom. The molecule has 0 bridgehead atoms. The van der Waals surface area contributed by atoms with Gasteiger partial charge in [0.05, 0.1) is 6.61 Å². The van der Waals surface area contributed by atoms with Crippen molar-refractivity contribution < 1.29 is 14.6 Å². The van der Waals surface area contributed by atoms with Gasteiger partial charge in [0.25, 0.3) is 0 Å². The predicted octanol–water partition coefficient (Wildman–Crippen LogP) is 3.27. The second-order valence-electron chi connectivity index (χ2n) is 5.16. The van der Waals surface area contributed by atoms with Crippen LogP contribution in [0.15, 0.2) is 12.1 Å². The number of rotatable bonds is 7. The monoisotopic (exact) mass is 270 g/mol. The minimum Gasteiger partial charge on any atom is -0.462 e. The predicted molar refractivity (Wildman–Crippen MR) is 74.1 cm³/mol. The van der Waals surface area contributed by atoms with Crippen LogP contribution in [0.25, 0.3) is 0 Å². The van der Waals surface area contributed by atoms with Gasteiger partial charge in [-0.05, 0) is 43.7 Å². The summed E-state index contributed by atoms with van der Waals surface area (Å²) in [5.74, 6) is -0.232. The van der Waals surface area contributed by atoms with Crippen LogP contribution < -0.4 is 0 Å². The lowest BCUT2D eigenvalue weighted by molar-refractivity contribution is 0.0532. The number of aryl methyl sites for hydroxylation is 1. The normalized spacial score (nSPS) is 11.6. The second kappa shape index (κ2) is 6.90. The van der Waals surface area contributed by atoms with Gasteiger partial charge in [-0.1, -0.05) is 13.8 Å². The number of carbonyl (C=O) groups excluding carboxylic acids is 1. The summed E-state index contributed by atoms with van der Waals surface area (Å²) in [5.41, 5.74) is -0.0127. The van der Waals surface area contributed by atoms with E-state index in [4.69, 9.17) is 9.84 Å². The first kappa shape index (κ1) is 15.2. The van der Waals surface area contributed by atoms with Crippen molar-refractivity contribution in [1.29, 1.82) is 0 Å². The maximum Gasteiger partial charge on any atom is 0.348 e. The molecule has 18 heavy (non-hydrogen) atoms. The molecule has 0 saturated heterocycles. The zero-order valence-electron chi connectivity index (χ0n) is 11.4. The van der Waals surface area contributed by atoms with Crippen molar-refractivity contribution in [3.05, 3.63) is 21.9 Å². The van der Waals surface area contributed by atoms with Crippen molar-refractivity contribution in [2.75, 3.05) is 13.2 Å². The fraction of sp³-hybridized carbons (Fsp3) is 0.643. The second-order valence-corrected chi connectivity index (χ2v) is 6.33. The van der Waals surface area contributed by atoms with Gasteiger partial charge >= 0.3 is 5.97 Å². The number of aliphatic hydroxyl groups is 1. The summed E-state index contributed by atoms with van der Waals surface area (Å²) in [5, 5.41) is 9.17. The number of esters is 1. The third-order valence-corrected chi connectivity index (χ3v) is 3.97. The number of thiophene rings is 1. The average molecular weight is 270 g/mol. The number of carbonyl (C=O) groups is 1. The van der Waals surface area contributed by atoms with E-state index in [-0.39, 0.29) is 18.0 Å². The summed E-state index contributed by atoms with van der Waals surface area (Å²) in [6, 6.07) is 3.82. The van der Waals surface area contributed by atoms with E-state index >= 15 is 0 Å². The molecule has 0 saturated carbocycles. The average Bonchev–Trinajstić information content (AvgIpc) is 2.78. The smallest absolute Gasteiger partial charge is 0.348 e. The highest BCUT2D eigenvalue weighted by atomic mass is 32.1. The van der Waals surface area contributed by atoms with Crippen LogP contribution in [0.1, 0.15) is 48.2 Å². The first-order valence-corrected chi connectivity index (χ1v) is 7.17. The summed E-state index contributed by atoms with van der Waals surface area (Å²) in [4.78, 5) is 13.4. The molecule has 1 aromatic rings. The van der Waals surface area contributed by atoms with Crippen LogP contribution in [0.3, 0.4) is 0 Å². The Hall–Kier alpha value is -0.870. The Morgan fingerprint density at radius 2 is 2.17 bits per heavy atom. The van der Waals surface area contributed by atoms with Gasteiger partial charge in [-0.3, -0.25) is 0 Å². The molecule has 1 heterocycles. The standard InChI is InChI=1S/C14H22O3S/c1-4-17-13(16)12-8-7-11(18-12)6-5-9-14(2,3)10-15/h7-8,15H,4-6,9-10H2,1-3H3. The fourth-order valence-electron chi connectivity index (χ4n) is 1.64. The van der Waals surface area contributed by atoms with Gasteiger partial charge in [0, 0.05) is 11.5 Å². The van der Waals surface area contributed by atoms with Crippen molar-refractivity contribution >= 4 is 17.3 Å². The molecule has 0 aliphatic rings. The van der Waals surface area contributed by atoms with Crippen LogP contribution in [0.5, 0.6) is 0 Å². The van der Waals surface area contributed by atoms with E-state index < -0.39 is 0 Å². The van der Waals surface area contributed by atoms with E-state index in [1.54, 1.807) is 0 Å². The van der Waals surface area contributed by atoms with Gasteiger partial charge in [0.15, 0.2) is 0 Å². The molecular weight excluding hydrogens is 248 g/mol. The Bertz CT molecular complexity index is 382. The van der Waals surface area contributed by atoms with Crippen LogP contribution >= 0.6 is 11.3 Å². The number of aliphatic hydroxyl groups excluding tert-OH is 1. The summed E-state index contributed by atoms with van der Waals surface area (Å²) in [7, 11) is 0. The van der Waals surface area contributed by atoms with Gasteiger partial charge in [-0.25, -0.2) is 4.79 Å². The number of hydrogen-bond acceptors (Lipinski definition) is 4. The van der Waals surface area contributed by atoms with E-state index in [1.165, 1.54) is 16.2 Å². The Kier molecular flexibility index (Phi) is 5.82. The first-order chi connectivity index (χ1) is 8.48. The van der Waals surface area contributed by atoms with Crippen LogP contribution in [0.4, 0.5) is 0 Å². The van der Waals surface area contributed by atoms with Crippen molar-refractivity contribution in [3.63, 3.8) is 0 Å². The molecule has 1 N–H and O–H groups in total. The number of hydrogen-bond donors (Lipinski definition) is 1. The minimum atomic E-state index is -0.232. The van der Waals surface area contributed by atoms with Gasteiger partial charge < -0.3 is 9.84 Å². The molecule has 102 valence electrons. The van der Waals surface area contributed by atoms with Crippen molar-refractivity contribution in [3.8, 4) is 0 Å². The van der Waals surface area contributed by atoms with Crippen molar-refractivity contribution in [1.82, 2.24) is 0 Å². The molecule has 0 unspecified atom stereocenters. The lowest BCUT2D eigenvalue weighted by Crippen LogP contribution is -2.16. The molecule has 3 nitrogen and oxygen atoms in total. The van der Waals surface area contributed by atoms with Gasteiger partial charge in [0.2, 0.25) is 0 Å². The summed E-state index contributed by atoms with van der Waals surface area (Å²) >= 11 is 1.50. The summed E-state index contributed by atoms with van der Waals surface area (Å²) in [6.45, 7) is 6.56. The van der Waals surface area contributed by atoms with E-state index in [1.807, 2.05) is 19.1 Å². The quantitative estimate of drug-likeness (QED) is 0.774. The molecule has 0 atom stereocenters. The minimum absolute atomic E-state index is 0.0127. The highest BCUT2D eigenvalue weighted by molar-refractivity contribution is 7.13. The molecule has 0 aromatic carbocycles. The van der Waals surface area contributed by atoms with E-state index in [0.29, 0.717) is 11.5 Å². The van der Waals surface area contributed by atoms with E-state index in [9.17, 15) is 4.79 Å². The lowest BCUT2D eigenvalue weighted by atomic mass is 9.88. The van der Waals surface area contributed by atoms with E-state index in [2.05, 4.69) is 13.8 Å². The number of ether oxygens (including phenoxy) is 1. The maximum atomic E-state index is 11.5. The third-order valence-electron chi connectivity index (χ3n) is 2.84. The Balaban J connectivity index is 2.42. The SMILES string of the molecule is CCOC(=O)c1ccc(CCCC(C)(C)CO)s1. The van der Waals surface area contributed by atoms with Gasteiger partial charge in [0.1, 0.15) is 4.88 Å². The molecule has 0 spiro atoms. The van der Waals surface area contributed by atoms with Crippen molar-refractivity contribution in [2.24, 2.45) is 5.41 Å². The third kappa shape index (κ3) is 4.78. The summed E-state index contributed by atoms with van der Waals surface area (Å²) in [6.07, 6.45) is 2.96. The van der Waals surface area contributed by atoms with Gasteiger partial charge in [-0.15, -0.1) is 11.3 Å². The molecule has 0 fully saturated rings. The van der Waals surface area contributed by atoms with Crippen LogP contribution in [0.2, 0.25) is 0 Å². The topological polar surface area (TPSA) is 46.5 Å². The maximum absolute atomic E-state index is 11.5. The fourth-order valence-corrected chi connectivity index (χ4v) is 2.59. The molecule has 0 aliphatic heterocycles. The lowest BCUT2D eigenvalue weighted by Gasteiger charge is -2.20. The molecule has 1 rings (SSSR count). The van der Waals surface area contributed by atoms with Crippen LogP contribution in [0, 0.1) is 5.41 Å². The molecular formula is C14H22O3S. The Morgan fingerprint density at radius 3 is 2.78 bits per heavy atom. The Labute approximate surface area is 113 Å². The molecule has 0 aliphatic carbocycles. The van der Waals surface area contributed by atoms with Crippen LogP contribution in [-0.2, 0) is 11.2 Å². The molecule has 0 radical (unpaired) electrons. The largest absolute Gasteiger partial charge is 0.462 e. The summed E-state index contributed by atoms with van der Waals surface area (Å²) < 4.78 is 4.96. The highest BCUT2D eigenvalue weighted by Crippen LogP contribution is 2.25. The van der Waals surface area contributed by atoms with Gasteiger partial charge in [-0.2, -0.15) is 0 Å². The molecule has 0 amide bonds. The zero-order chi connectivity index (χ0) is 13.6. The van der Waals surface area contributed by atoms with Crippen LogP contribution in [-0.4, -0.2) is 24.3 Å². The highest BCUT2D eigenvalue weighted by Gasteiger charge is 2.16. The van der Waals surface area contributed by atoms with Crippen molar-refractivity contribution in [2.45, 2.75) is 40.0 Å². The molecule has 4 heteroatoms. The first-order valence-electron chi connectivity index (χ1n) is 6.35. The molecule has 1 aromatic heterocycles. The van der Waals surface area contributed by atoms with E-state index in [0.717, 1.165) is 19.3 Å².